The second-order valence-corrected chi connectivity index (χ2v) is 7.56. The van der Waals surface area contributed by atoms with Gasteiger partial charge in [-0.3, -0.25) is 4.79 Å². The van der Waals surface area contributed by atoms with E-state index in [9.17, 15) is 22.4 Å². The van der Waals surface area contributed by atoms with Gasteiger partial charge in [0.1, 0.15) is 5.82 Å². The molecule has 2 aromatic carbocycles. The Labute approximate surface area is 187 Å². The highest BCUT2D eigenvalue weighted by molar-refractivity contribution is 5.93. The van der Waals surface area contributed by atoms with Gasteiger partial charge in [0.25, 0.3) is 5.91 Å². The molecule has 1 amide bonds. The number of aromatic nitrogens is 3. The Morgan fingerprint density at radius 3 is 2.24 bits per heavy atom. The standard InChI is InChI=1S/C22H21F4N5O2/c1-14(15-2-6-17(7-3-15)30-10-12-33-13-11-30)27-21(32)19-20(22(24,25)26)31(29-28-19)18-8-4-16(23)5-9-18/h2-9,14H,10-13H2,1H3,(H,27,32). The smallest absolute Gasteiger partial charge is 0.378 e. The Kier molecular flexibility index (Phi) is 6.32. The van der Waals surface area contributed by atoms with Crippen LogP contribution in [0.1, 0.15) is 34.7 Å². The lowest BCUT2D eigenvalue weighted by atomic mass is 10.1. The molecule has 3 aromatic rings. The van der Waals surface area contributed by atoms with Gasteiger partial charge >= 0.3 is 6.18 Å². The minimum absolute atomic E-state index is 0.0676. The minimum Gasteiger partial charge on any atom is -0.378 e. The molecule has 4 rings (SSSR count). The van der Waals surface area contributed by atoms with Crippen LogP contribution >= 0.6 is 0 Å². The summed E-state index contributed by atoms with van der Waals surface area (Å²) in [6.45, 7) is 4.51. The van der Waals surface area contributed by atoms with Gasteiger partial charge in [-0.1, -0.05) is 17.3 Å². The maximum atomic E-state index is 13.8. The lowest BCUT2D eigenvalue weighted by molar-refractivity contribution is -0.143. The first-order chi connectivity index (χ1) is 15.7. The lowest BCUT2D eigenvalue weighted by Crippen LogP contribution is -2.36. The van der Waals surface area contributed by atoms with Crippen LogP contribution < -0.4 is 10.2 Å². The van der Waals surface area contributed by atoms with Crippen LogP contribution in [0.5, 0.6) is 0 Å². The summed E-state index contributed by atoms with van der Waals surface area (Å²) in [6.07, 6.45) is -4.91. The van der Waals surface area contributed by atoms with Crippen LogP contribution in [-0.2, 0) is 10.9 Å². The maximum absolute atomic E-state index is 13.8. The highest BCUT2D eigenvalue weighted by Gasteiger charge is 2.42. The fraction of sp³-hybridized carbons (Fsp3) is 0.318. The van der Waals surface area contributed by atoms with Crippen molar-refractivity contribution in [3.63, 3.8) is 0 Å². The van der Waals surface area contributed by atoms with E-state index >= 15 is 0 Å². The average molecular weight is 463 g/mol. The number of hydrogen-bond donors (Lipinski definition) is 1. The molecule has 1 fully saturated rings. The topological polar surface area (TPSA) is 72.3 Å². The van der Waals surface area contributed by atoms with Crippen LogP contribution in [0.3, 0.4) is 0 Å². The Hall–Kier alpha value is -3.47. The second-order valence-electron chi connectivity index (χ2n) is 7.56. The number of hydrogen-bond acceptors (Lipinski definition) is 5. The fourth-order valence-electron chi connectivity index (χ4n) is 3.60. The third-order valence-electron chi connectivity index (χ3n) is 5.34. The molecule has 1 N–H and O–H groups in total. The first-order valence-electron chi connectivity index (χ1n) is 10.3. The summed E-state index contributed by atoms with van der Waals surface area (Å²) in [5.74, 6) is -1.63. The summed E-state index contributed by atoms with van der Waals surface area (Å²) in [7, 11) is 0. The van der Waals surface area contributed by atoms with Crippen LogP contribution in [0.4, 0.5) is 23.2 Å². The van der Waals surface area contributed by atoms with Crippen LogP contribution in [0.2, 0.25) is 0 Å². The van der Waals surface area contributed by atoms with Crippen molar-refractivity contribution >= 4 is 11.6 Å². The summed E-state index contributed by atoms with van der Waals surface area (Å²) >= 11 is 0. The molecule has 1 atom stereocenters. The summed E-state index contributed by atoms with van der Waals surface area (Å²) < 4.78 is 60.3. The van der Waals surface area contributed by atoms with Gasteiger partial charge in [0, 0.05) is 18.8 Å². The van der Waals surface area contributed by atoms with Gasteiger partial charge in [-0.05, 0) is 48.9 Å². The molecule has 1 aliphatic heterocycles. The van der Waals surface area contributed by atoms with Crippen LogP contribution in [0.15, 0.2) is 48.5 Å². The highest BCUT2D eigenvalue weighted by Crippen LogP contribution is 2.33. The van der Waals surface area contributed by atoms with Gasteiger partial charge in [-0.25, -0.2) is 9.07 Å². The molecule has 0 spiro atoms. The number of anilines is 1. The van der Waals surface area contributed by atoms with E-state index in [4.69, 9.17) is 4.74 Å². The molecule has 33 heavy (non-hydrogen) atoms. The third-order valence-corrected chi connectivity index (χ3v) is 5.34. The van der Waals surface area contributed by atoms with Crippen molar-refractivity contribution in [3.8, 4) is 5.69 Å². The van der Waals surface area contributed by atoms with Gasteiger partial charge in [-0.15, -0.1) is 5.10 Å². The molecule has 0 aliphatic carbocycles. The first kappa shape index (κ1) is 22.7. The van der Waals surface area contributed by atoms with Crippen LogP contribution in [0, 0.1) is 5.82 Å². The van der Waals surface area contributed by atoms with Crippen molar-refractivity contribution in [3.05, 3.63) is 71.3 Å². The zero-order valence-electron chi connectivity index (χ0n) is 17.6. The van der Waals surface area contributed by atoms with Crippen LogP contribution in [0.25, 0.3) is 5.69 Å². The summed E-state index contributed by atoms with van der Waals surface area (Å²) in [6, 6.07) is 11.1. The molecule has 0 bridgehead atoms. The number of carbonyl (C=O) groups is 1. The first-order valence-corrected chi connectivity index (χ1v) is 10.3. The normalized spacial score (nSPS) is 15.4. The number of alkyl halides is 3. The van der Waals surface area contributed by atoms with E-state index in [-0.39, 0.29) is 5.69 Å². The molecule has 0 radical (unpaired) electrons. The number of morpholine rings is 1. The average Bonchev–Trinajstić information content (AvgIpc) is 3.26. The van der Waals surface area contributed by atoms with Crippen LogP contribution in [-0.4, -0.2) is 47.2 Å². The molecule has 1 saturated heterocycles. The van der Waals surface area contributed by atoms with Crippen molar-refractivity contribution in [2.45, 2.75) is 19.1 Å². The van der Waals surface area contributed by atoms with E-state index in [0.717, 1.165) is 48.6 Å². The van der Waals surface area contributed by atoms with E-state index in [1.807, 2.05) is 24.3 Å². The predicted molar refractivity (Wildman–Crippen MR) is 112 cm³/mol. The van der Waals surface area contributed by atoms with E-state index in [1.54, 1.807) is 6.92 Å². The Bertz CT molecular complexity index is 1110. The number of benzene rings is 2. The molecular weight excluding hydrogens is 442 g/mol. The van der Waals surface area contributed by atoms with Gasteiger partial charge in [-0.2, -0.15) is 13.2 Å². The van der Waals surface area contributed by atoms with Crippen molar-refractivity contribution < 1.29 is 27.1 Å². The molecule has 7 nitrogen and oxygen atoms in total. The Balaban J connectivity index is 1.53. The highest BCUT2D eigenvalue weighted by atomic mass is 19.4. The van der Waals surface area contributed by atoms with Gasteiger partial charge in [0.2, 0.25) is 0 Å². The monoisotopic (exact) mass is 463 g/mol. The summed E-state index contributed by atoms with van der Waals surface area (Å²) in [5, 5.41) is 9.52. The predicted octanol–water partition coefficient (Wildman–Crippen LogP) is 3.75. The van der Waals surface area contributed by atoms with E-state index in [2.05, 4.69) is 20.5 Å². The Morgan fingerprint density at radius 2 is 1.64 bits per heavy atom. The number of carbonyl (C=O) groups excluding carboxylic acids is 1. The van der Waals surface area contributed by atoms with Crippen molar-refractivity contribution in [1.82, 2.24) is 20.3 Å². The zero-order valence-corrected chi connectivity index (χ0v) is 17.6. The molecule has 11 heteroatoms. The zero-order chi connectivity index (χ0) is 23.6. The van der Waals surface area contributed by atoms with Gasteiger partial charge in [0.15, 0.2) is 11.4 Å². The van der Waals surface area contributed by atoms with Crippen molar-refractivity contribution in [2.75, 3.05) is 31.2 Å². The number of halogens is 4. The van der Waals surface area contributed by atoms with E-state index in [1.165, 1.54) is 0 Å². The Morgan fingerprint density at radius 1 is 1.03 bits per heavy atom. The largest absolute Gasteiger partial charge is 0.435 e. The maximum Gasteiger partial charge on any atom is 0.435 e. The number of amides is 1. The van der Waals surface area contributed by atoms with E-state index in [0.29, 0.717) is 17.9 Å². The fourth-order valence-corrected chi connectivity index (χ4v) is 3.60. The number of nitrogens with zero attached hydrogens (tertiary/aromatic N) is 4. The van der Waals surface area contributed by atoms with Gasteiger partial charge < -0.3 is 15.0 Å². The number of rotatable bonds is 5. The molecular formula is C22H21F4N5O2. The summed E-state index contributed by atoms with van der Waals surface area (Å²) in [4.78, 5) is 14.9. The third kappa shape index (κ3) is 4.98. The summed E-state index contributed by atoms with van der Waals surface area (Å²) in [5.41, 5.74) is -0.533. The molecule has 0 saturated carbocycles. The lowest BCUT2D eigenvalue weighted by Gasteiger charge is -2.29. The minimum atomic E-state index is -4.91. The van der Waals surface area contributed by atoms with Crippen molar-refractivity contribution in [1.29, 1.82) is 0 Å². The van der Waals surface area contributed by atoms with Crippen molar-refractivity contribution in [2.24, 2.45) is 0 Å². The molecule has 2 heterocycles. The molecule has 174 valence electrons. The molecule has 1 aromatic heterocycles. The SMILES string of the molecule is CC(NC(=O)c1nnn(-c2ccc(F)cc2)c1C(F)(F)F)c1ccc(N2CCOCC2)cc1. The number of nitrogens with one attached hydrogen (secondary N) is 1. The second kappa shape index (κ2) is 9.18. The molecule has 1 unspecified atom stereocenters. The van der Waals surface area contributed by atoms with Gasteiger partial charge in [0.05, 0.1) is 24.9 Å². The van der Waals surface area contributed by atoms with E-state index < -0.39 is 35.3 Å². The quantitative estimate of drug-likeness (QED) is 0.584. The number of ether oxygens (including phenoxy) is 1. The molecule has 1 aliphatic rings.